The van der Waals surface area contributed by atoms with Crippen LogP contribution in [0.4, 0.5) is 0 Å². The van der Waals surface area contributed by atoms with E-state index in [2.05, 4.69) is 15.2 Å². The number of hydrogen-bond acceptors (Lipinski definition) is 5. The summed E-state index contributed by atoms with van der Waals surface area (Å²) in [5, 5.41) is 7.09. The summed E-state index contributed by atoms with van der Waals surface area (Å²) in [5.74, 6) is 3.03. The molecule has 1 atom stereocenters. The molecule has 3 N–H and O–H groups in total. The number of ether oxygens (including phenoxy) is 2. The lowest BCUT2D eigenvalue weighted by Gasteiger charge is -2.14. The lowest BCUT2D eigenvalue weighted by molar-refractivity contribution is 0.310. The molecular formula is C15H22N4O2. The van der Waals surface area contributed by atoms with E-state index in [1.807, 2.05) is 39.0 Å². The van der Waals surface area contributed by atoms with Crippen molar-refractivity contribution in [3.05, 3.63) is 35.4 Å². The van der Waals surface area contributed by atoms with E-state index in [-0.39, 0.29) is 12.0 Å². The van der Waals surface area contributed by atoms with E-state index in [1.165, 1.54) is 0 Å². The zero-order valence-electron chi connectivity index (χ0n) is 12.9. The normalized spacial score (nSPS) is 12.5. The van der Waals surface area contributed by atoms with Crippen LogP contribution in [0.15, 0.2) is 18.2 Å². The molecule has 0 aliphatic rings. The minimum Gasteiger partial charge on any atom is -0.493 e. The average molecular weight is 290 g/mol. The average Bonchev–Trinajstić information content (AvgIpc) is 2.97. The summed E-state index contributed by atoms with van der Waals surface area (Å²) in [6.07, 6.45) is 0. The molecule has 0 saturated carbocycles. The number of H-pyrrole nitrogens is 1. The molecule has 0 radical (unpaired) electrons. The Morgan fingerprint density at radius 2 is 2.05 bits per heavy atom. The number of nitrogens with zero attached hydrogens (tertiary/aromatic N) is 2. The van der Waals surface area contributed by atoms with Gasteiger partial charge in [-0.3, -0.25) is 5.10 Å². The van der Waals surface area contributed by atoms with E-state index in [0.717, 1.165) is 11.4 Å². The third-order valence-electron chi connectivity index (χ3n) is 3.18. The van der Waals surface area contributed by atoms with Crippen LogP contribution < -0.4 is 15.2 Å². The van der Waals surface area contributed by atoms with Crippen LogP contribution in [-0.2, 0) is 0 Å². The fourth-order valence-corrected chi connectivity index (χ4v) is 2.00. The first-order valence-electron chi connectivity index (χ1n) is 7.05. The minimum atomic E-state index is -0.380. The number of benzene rings is 1. The number of hydrogen-bond donors (Lipinski definition) is 2. The Bertz CT molecular complexity index is 595. The second-order valence-corrected chi connectivity index (χ2v) is 5.05. The van der Waals surface area contributed by atoms with Crippen LogP contribution in [0.25, 0.3) is 0 Å². The van der Waals surface area contributed by atoms with Crippen molar-refractivity contribution in [3.63, 3.8) is 0 Å². The summed E-state index contributed by atoms with van der Waals surface area (Å²) in [7, 11) is 1.61. The van der Waals surface area contributed by atoms with Gasteiger partial charge in [-0.2, -0.15) is 5.10 Å². The van der Waals surface area contributed by atoms with Crippen LogP contribution in [-0.4, -0.2) is 28.9 Å². The Morgan fingerprint density at radius 3 is 2.62 bits per heavy atom. The molecule has 0 fully saturated rings. The third kappa shape index (κ3) is 3.33. The van der Waals surface area contributed by atoms with Gasteiger partial charge < -0.3 is 15.2 Å². The lowest BCUT2D eigenvalue weighted by atomic mass is 10.1. The fourth-order valence-electron chi connectivity index (χ4n) is 2.00. The van der Waals surface area contributed by atoms with E-state index >= 15 is 0 Å². The molecular weight excluding hydrogens is 268 g/mol. The van der Waals surface area contributed by atoms with Gasteiger partial charge in [-0.05, 0) is 24.6 Å². The number of methoxy groups -OCH3 is 1. The minimum absolute atomic E-state index is 0.261. The predicted octanol–water partition coefficient (Wildman–Crippen LogP) is 2.38. The largest absolute Gasteiger partial charge is 0.493 e. The van der Waals surface area contributed by atoms with Gasteiger partial charge in [-0.1, -0.05) is 19.9 Å². The molecule has 0 aliphatic heterocycles. The zero-order chi connectivity index (χ0) is 15.4. The first kappa shape index (κ1) is 15.3. The third-order valence-corrected chi connectivity index (χ3v) is 3.18. The van der Waals surface area contributed by atoms with Crippen LogP contribution in [0.2, 0.25) is 0 Å². The van der Waals surface area contributed by atoms with E-state index in [0.29, 0.717) is 23.9 Å². The van der Waals surface area contributed by atoms with Gasteiger partial charge in [0.05, 0.1) is 19.8 Å². The van der Waals surface area contributed by atoms with Gasteiger partial charge in [-0.15, -0.1) is 0 Å². The van der Waals surface area contributed by atoms with Crippen LogP contribution in [0.5, 0.6) is 11.5 Å². The summed E-state index contributed by atoms with van der Waals surface area (Å²) >= 11 is 0. The molecule has 0 spiro atoms. The molecule has 1 aromatic heterocycles. The summed E-state index contributed by atoms with van der Waals surface area (Å²) in [5.41, 5.74) is 7.15. The summed E-state index contributed by atoms with van der Waals surface area (Å²) in [6.45, 7) is 6.57. The maximum Gasteiger partial charge on any atom is 0.161 e. The highest BCUT2D eigenvalue weighted by molar-refractivity contribution is 5.44. The van der Waals surface area contributed by atoms with Gasteiger partial charge in [0.25, 0.3) is 0 Å². The van der Waals surface area contributed by atoms with E-state index in [4.69, 9.17) is 15.2 Å². The lowest BCUT2D eigenvalue weighted by Crippen LogP contribution is -2.14. The smallest absolute Gasteiger partial charge is 0.161 e. The van der Waals surface area contributed by atoms with Crippen LogP contribution in [0.3, 0.4) is 0 Å². The molecule has 0 saturated heterocycles. The predicted molar refractivity (Wildman–Crippen MR) is 80.7 cm³/mol. The highest BCUT2D eigenvalue weighted by Gasteiger charge is 2.17. The highest BCUT2D eigenvalue weighted by atomic mass is 16.5. The summed E-state index contributed by atoms with van der Waals surface area (Å²) in [4.78, 5) is 4.44. The second-order valence-electron chi connectivity index (χ2n) is 5.05. The Kier molecular flexibility index (Phi) is 4.80. The van der Waals surface area contributed by atoms with Gasteiger partial charge in [-0.25, -0.2) is 4.98 Å². The van der Waals surface area contributed by atoms with Gasteiger partial charge in [0.1, 0.15) is 5.82 Å². The number of nitrogens with two attached hydrogens (primary N) is 1. The first-order valence-corrected chi connectivity index (χ1v) is 7.05. The Labute approximate surface area is 124 Å². The SMILES string of the molecule is CCOc1cc([C@@H](N)c2nc(C(C)C)n[nH]2)ccc1OC. The van der Waals surface area contributed by atoms with Crippen molar-refractivity contribution < 1.29 is 9.47 Å². The maximum absolute atomic E-state index is 6.26. The van der Waals surface area contributed by atoms with Crippen LogP contribution >= 0.6 is 0 Å². The topological polar surface area (TPSA) is 86.0 Å². The number of aromatic amines is 1. The maximum atomic E-state index is 6.26. The van der Waals surface area contributed by atoms with Crippen molar-refractivity contribution in [2.24, 2.45) is 5.73 Å². The van der Waals surface area contributed by atoms with Gasteiger partial charge in [0.15, 0.2) is 17.3 Å². The number of rotatable bonds is 6. The molecule has 6 heteroatoms. The Hall–Kier alpha value is -2.08. The highest BCUT2D eigenvalue weighted by Crippen LogP contribution is 2.31. The van der Waals surface area contributed by atoms with Gasteiger partial charge in [0.2, 0.25) is 0 Å². The molecule has 2 aromatic rings. The standard InChI is InChI=1S/C15H22N4O2/c1-5-21-12-8-10(6-7-11(12)20-4)13(16)15-17-14(9(2)3)18-19-15/h6-9,13H,5,16H2,1-4H3,(H,17,18,19)/t13-/m1/s1. The molecule has 0 unspecified atom stereocenters. The molecule has 0 bridgehead atoms. The number of aromatic nitrogens is 3. The molecule has 0 amide bonds. The van der Waals surface area contributed by atoms with Crippen molar-refractivity contribution in [1.29, 1.82) is 0 Å². The molecule has 1 heterocycles. The first-order chi connectivity index (χ1) is 10.1. The van der Waals surface area contributed by atoms with E-state index in [1.54, 1.807) is 7.11 Å². The molecule has 2 rings (SSSR count). The summed E-state index contributed by atoms with van der Waals surface area (Å²) < 4.78 is 10.8. The van der Waals surface area contributed by atoms with Gasteiger partial charge in [0, 0.05) is 5.92 Å². The monoisotopic (exact) mass is 290 g/mol. The number of nitrogens with one attached hydrogen (secondary N) is 1. The van der Waals surface area contributed by atoms with Crippen molar-refractivity contribution in [3.8, 4) is 11.5 Å². The molecule has 6 nitrogen and oxygen atoms in total. The van der Waals surface area contributed by atoms with Crippen molar-refractivity contribution in [2.45, 2.75) is 32.7 Å². The van der Waals surface area contributed by atoms with E-state index < -0.39 is 0 Å². The second kappa shape index (κ2) is 6.58. The molecule has 114 valence electrons. The van der Waals surface area contributed by atoms with E-state index in [9.17, 15) is 0 Å². The molecule has 1 aromatic carbocycles. The van der Waals surface area contributed by atoms with Crippen molar-refractivity contribution >= 4 is 0 Å². The molecule has 21 heavy (non-hydrogen) atoms. The summed E-state index contributed by atoms with van der Waals surface area (Å²) in [6, 6.07) is 5.25. The quantitative estimate of drug-likeness (QED) is 0.853. The zero-order valence-corrected chi connectivity index (χ0v) is 12.9. The van der Waals surface area contributed by atoms with Crippen molar-refractivity contribution in [1.82, 2.24) is 15.2 Å². The Morgan fingerprint density at radius 1 is 1.29 bits per heavy atom. The van der Waals surface area contributed by atoms with Gasteiger partial charge >= 0.3 is 0 Å². The van der Waals surface area contributed by atoms with Crippen molar-refractivity contribution in [2.75, 3.05) is 13.7 Å². The molecule has 0 aliphatic carbocycles. The Balaban J connectivity index is 2.29. The van der Waals surface area contributed by atoms with Crippen LogP contribution in [0, 0.1) is 0 Å². The fraction of sp³-hybridized carbons (Fsp3) is 0.467. The van der Waals surface area contributed by atoms with Crippen LogP contribution in [0.1, 0.15) is 49.9 Å².